The van der Waals surface area contributed by atoms with E-state index in [1.54, 1.807) is 25.4 Å². The number of hydrogen-bond acceptors (Lipinski definition) is 6. The van der Waals surface area contributed by atoms with Gasteiger partial charge in [-0.3, -0.25) is 9.78 Å². The molecule has 0 aliphatic carbocycles. The third-order valence-corrected chi connectivity index (χ3v) is 4.15. The molecule has 4 rings (SSSR count). The molecule has 0 unspecified atom stereocenters. The molecule has 0 fully saturated rings. The monoisotopic (exact) mass is 371 g/mol. The molecule has 0 aliphatic heterocycles. The van der Waals surface area contributed by atoms with Gasteiger partial charge >= 0.3 is 0 Å². The molecule has 2 aromatic heterocycles. The molecule has 0 bridgehead atoms. The summed E-state index contributed by atoms with van der Waals surface area (Å²) in [5, 5.41) is 6.96. The zero-order valence-corrected chi connectivity index (χ0v) is 15.1. The lowest BCUT2D eigenvalue weighted by Crippen LogP contribution is -2.13. The molecular formula is C21H17N5O2. The van der Waals surface area contributed by atoms with Crippen LogP contribution in [-0.4, -0.2) is 28.0 Å². The van der Waals surface area contributed by atoms with E-state index in [9.17, 15) is 4.79 Å². The van der Waals surface area contributed by atoms with E-state index in [0.717, 1.165) is 16.6 Å². The topological polar surface area (TPSA) is 89.0 Å². The van der Waals surface area contributed by atoms with Crippen LogP contribution in [0.2, 0.25) is 0 Å². The fraction of sp³-hybridized carbons (Fsp3) is 0.0476. The van der Waals surface area contributed by atoms with Crippen molar-refractivity contribution in [1.29, 1.82) is 0 Å². The normalized spacial score (nSPS) is 10.5. The Bertz CT molecular complexity index is 1120. The number of methoxy groups -OCH3 is 1. The van der Waals surface area contributed by atoms with E-state index < -0.39 is 0 Å². The molecule has 2 N–H and O–H groups in total. The van der Waals surface area contributed by atoms with Crippen LogP contribution in [-0.2, 0) is 0 Å². The predicted molar refractivity (Wildman–Crippen MR) is 108 cm³/mol. The molecule has 1 amide bonds. The van der Waals surface area contributed by atoms with Gasteiger partial charge in [-0.05, 0) is 24.3 Å². The van der Waals surface area contributed by atoms with Crippen LogP contribution < -0.4 is 15.4 Å². The summed E-state index contributed by atoms with van der Waals surface area (Å²) in [7, 11) is 1.55. The molecule has 4 aromatic rings. The third kappa shape index (κ3) is 3.59. The van der Waals surface area contributed by atoms with Gasteiger partial charge in [-0.1, -0.05) is 30.3 Å². The standard InChI is InChI=1S/C21H17N5O2/c1-28-18-10-3-2-8-16(18)25-20(27)15-12-23-21(24-13-15)26-17-9-4-6-14-7-5-11-22-19(14)17/h2-13H,1H3,(H,25,27)(H,23,24,26). The molecule has 0 saturated heterocycles. The maximum atomic E-state index is 12.4. The van der Waals surface area contributed by atoms with Crippen LogP contribution in [0.1, 0.15) is 10.4 Å². The summed E-state index contributed by atoms with van der Waals surface area (Å²) in [6.07, 6.45) is 4.68. The minimum Gasteiger partial charge on any atom is -0.495 e. The van der Waals surface area contributed by atoms with Gasteiger partial charge in [0.2, 0.25) is 5.95 Å². The van der Waals surface area contributed by atoms with Crippen LogP contribution in [0, 0.1) is 0 Å². The average molecular weight is 371 g/mol. The highest BCUT2D eigenvalue weighted by molar-refractivity contribution is 6.04. The summed E-state index contributed by atoms with van der Waals surface area (Å²) in [6.45, 7) is 0. The number of amides is 1. The van der Waals surface area contributed by atoms with Crippen molar-refractivity contribution < 1.29 is 9.53 Å². The molecule has 7 heteroatoms. The van der Waals surface area contributed by atoms with Crippen molar-refractivity contribution in [3.05, 3.63) is 78.8 Å². The fourth-order valence-corrected chi connectivity index (χ4v) is 2.78. The number of carbonyl (C=O) groups excluding carboxylic acids is 1. The molecule has 7 nitrogen and oxygen atoms in total. The van der Waals surface area contributed by atoms with Gasteiger partial charge in [0.15, 0.2) is 0 Å². The SMILES string of the molecule is COc1ccccc1NC(=O)c1cnc(Nc2cccc3cccnc23)nc1. The lowest BCUT2D eigenvalue weighted by atomic mass is 10.2. The van der Waals surface area contributed by atoms with Crippen molar-refractivity contribution in [3.8, 4) is 5.75 Å². The van der Waals surface area contributed by atoms with E-state index in [1.165, 1.54) is 12.4 Å². The molecule has 0 atom stereocenters. The molecule has 0 radical (unpaired) electrons. The van der Waals surface area contributed by atoms with E-state index >= 15 is 0 Å². The molecule has 0 spiro atoms. The van der Waals surface area contributed by atoms with Gasteiger partial charge in [-0.25, -0.2) is 9.97 Å². The Labute approximate surface area is 161 Å². The second kappa shape index (κ2) is 7.71. The number of pyridine rings is 1. The molecule has 2 heterocycles. The number of nitrogens with one attached hydrogen (secondary N) is 2. The molecule has 138 valence electrons. The van der Waals surface area contributed by atoms with Gasteiger partial charge in [0.25, 0.3) is 5.91 Å². The third-order valence-electron chi connectivity index (χ3n) is 4.15. The number of aromatic nitrogens is 3. The summed E-state index contributed by atoms with van der Waals surface area (Å²) < 4.78 is 5.24. The number of ether oxygens (including phenoxy) is 1. The highest BCUT2D eigenvalue weighted by Gasteiger charge is 2.11. The fourth-order valence-electron chi connectivity index (χ4n) is 2.78. The first-order chi connectivity index (χ1) is 13.7. The van der Waals surface area contributed by atoms with Crippen LogP contribution in [0.4, 0.5) is 17.3 Å². The Morgan fingerprint density at radius 2 is 1.64 bits per heavy atom. The number of rotatable bonds is 5. The summed E-state index contributed by atoms with van der Waals surface area (Å²) in [6, 6.07) is 16.9. The summed E-state index contributed by atoms with van der Waals surface area (Å²) in [5.74, 6) is 0.647. The molecule has 28 heavy (non-hydrogen) atoms. The van der Waals surface area contributed by atoms with Crippen LogP contribution in [0.5, 0.6) is 5.75 Å². The Morgan fingerprint density at radius 1 is 0.893 bits per heavy atom. The maximum Gasteiger partial charge on any atom is 0.258 e. The predicted octanol–water partition coefficient (Wildman–Crippen LogP) is 4.03. The summed E-state index contributed by atoms with van der Waals surface area (Å²) in [5.41, 5.74) is 2.54. The van der Waals surface area contributed by atoms with E-state index in [1.807, 2.05) is 42.5 Å². The van der Waals surface area contributed by atoms with Crippen molar-refractivity contribution in [2.24, 2.45) is 0 Å². The van der Waals surface area contributed by atoms with Crippen LogP contribution in [0.3, 0.4) is 0 Å². The van der Waals surface area contributed by atoms with Crippen molar-refractivity contribution in [2.75, 3.05) is 17.7 Å². The number of hydrogen-bond donors (Lipinski definition) is 2. The van der Waals surface area contributed by atoms with E-state index in [-0.39, 0.29) is 5.91 Å². The smallest absolute Gasteiger partial charge is 0.258 e. The Balaban J connectivity index is 1.51. The zero-order chi connectivity index (χ0) is 19.3. The van der Waals surface area contributed by atoms with Gasteiger partial charge in [0.05, 0.1) is 29.6 Å². The number of anilines is 3. The van der Waals surface area contributed by atoms with Crippen LogP contribution in [0.15, 0.2) is 73.2 Å². The van der Waals surface area contributed by atoms with Crippen molar-refractivity contribution in [1.82, 2.24) is 15.0 Å². The molecular weight excluding hydrogens is 354 g/mol. The number of para-hydroxylation sites is 3. The van der Waals surface area contributed by atoms with Gasteiger partial charge in [-0.15, -0.1) is 0 Å². The van der Waals surface area contributed by atoms with Crippen molar-refractivity contribution in [3.63, 3.8) is 0 Å². The molecule has 2 aromatic carbocycles. The number of carbonyl (C=O) groups is 1. The first-order valence-electron chi connectivity index (χ1n) is 8.62. The van der Waals surface area contributed by atoms with E-state index in [0.29, 0.717) is 22.9 Å². The van der Waals surface area contributed by atoms with Crippen molar-refractivity contribution in [2.45, 2.75) is 0 Å². The van der Waals surface area contributed by atoms with Crippen molar-refractivity contribution >= 4 is 34.1 Å². The largest absolute Gasteiger partial charge is 0.495 e. The van der Waals surface area contributed by atoms with Gasteiger partial charge in [0.1, 0.15) is 5.75 Å². The Hall–Kier alpha value is -4.00. The first kappa shape index (κ1) is 17.4. The average Bonchev–Trinajstić information content (AvgIpc) is 2.75. The maximum absolute atomic E-state index is 12.4. The quantitative estimate of drug-likeness (QED) is 0.551. The highest BCUT2D eigenvalue weighted by atomic mass is 16.5. The number of nitrogens with zero attached hydrogens (tertiary/aromatic N) is 3. The van der Waals surface area contributed by atoms with Gasteiger partial charge in [-0.2, -0.15) is 0 Å². The second-order valence-electron chi connectivity index (χ2n) is 5.96. The Kier molecular flexibility index (Phi) is 4.79. The number of benzene rings is 2. The summed E-state index contributed by atoms with van der Waals surface area (Å²) >= 11 is 0. The van der Waals surface area contributed by atoms with E-state index in [4.69, 9.17) is 4.74 Å². The number of fused-ring (bicyclic) bond motifs is 1. The lowest BCUT2D eigenvalue weighted by molar-refractivity contribution is 0.102. The zero-order valence-electron chi connectivity index (χ0n) is 15.1. The second-order valence-corrected chi connectivity index (χ2v) is 5.96. The Morgan fingerprint density at radius 3 is 2.46 bits per heavy atom. The lowest BCUT2D eigenvalue weighted by Gasteiger charge is -2.10. The minimum atomic E-state index is -0.317. The molecule has 0 aliphatic rings. The van der Waals surface area contributed by atoms with Crippen LogP contribution in [0.25, 0.3) is 10.9 Å². The van der Waals surface area contributed by atoms with Gasteiger partial charge < -0.3 is 15.4 Å². The highest BCUT2D eigenvalue weighted by Crippen LogP contribution is 2.24. The minimum absolute atomic E-state index is 0.317. The molecule has 0 saturated carbocycles. The van der Waals surface area contributed by atoms with Gasteiger partial charge in [0, 0.05) is 24.0 Å². The first-order valence-corrected chi connectivity index (χ1v) is 8.62. The van der Waals surface area contributed by atoms with Crippen LogP contribution >= 0.6 is 0 Å². The summed E-state index contributed by atoms with van der Waals surface area (Å²) in [4.78, 5) is 25.3. The van der Waals surface area contributed by atoms with E-state index in [2.05, 4.69) is 25.6 Å².